The first kappa shape index (κ1) is 36.5. The minimum atomic E-state index is -4.55. The van der Waals surface area contributed by atoms with Crippen molar-refractivity contribution < 1.29 is 36.3 Å². The summed E-state index contributed by atoms with van der Waals surface area (Å²) in [7, 11) is 0. The lowest BCUT2D eigenvalue weighted by Gasteiger charge is -2.34. The summed E-state index contributed by atoms with van der Waals surface area (Å²) in [6.45, 7) is 7.62. The molecule has 1 amide bonds. The predicted molar refractivity (Wildman–Crippen MR) is 183 cm³/mol. The number of hydrogen-bond donors (Lipinski definition) is 1. The van der Waals surface area contributed by atoms with Gasteiger partial charge in [0.15, 0.2) is 0 Å². The van der Waals surface area contributed by atoms with E-state index in [1.54, 1.807) is 17.7 Å². The molecule has 274 valence electrons. The fourth-order valence-electron chi connectivity index (χ4n) is 7.95. The molecule has 13 heteroatoms. The number of nitrogens with zero attached hydrogens (tertiary/aromatic N) is 4. The van der Waals surface area contributed by atoms with Gasteiger partial charge in [0.1, 0.15) is 11.6 Å². The number of likely N-dealkylation sites (tertiary alicyclic amines) is 1. The van der Waals surface area contributed by atoms with Gasteiger partial charge >= 0.3 is 12.1 Å². The van der Waals surface area contributed by atoms with Gasteiger partial charge in [-0.2, -0.15) is 13.2 Å². The molecule has 2 aliphatic heterocycles. The maximum atomic E-state index is 15.2. The van der Waals surface area contributed by atoms with Crippen LogP contribution in [0.5, 0.6) is 0 Å². The fraction of sp³-hybridized carbons (Fsp3) is 0.500. The summed E-state index contributed by atoms with van der Waals surface area (Å²) in [5.74, 6) is -2.89. The van der Waals surface area contributed by atoms with Gasteiger partial charge in [-0.1, -0.05) is 18.2 Å². The number of hydrogen-bond acceptors (Lipinski definition) is 6. The topological polar surface area (TPSA) is 79.7 Å². The van der Waals surface area contributed by atoms with Gasteiger partial charge in [-0.25, -0.2) is 13.8 Å². The third kappa shape index (κ3) is 8.29. The van der Waals surface area contributed by atoms with Crippen LogP contribution in [-0.4, -0.2) is 65.2 Å². The van der Waals surface area contributed by atoms with Crippen molar-refractivity contribution in [3.8, 4) is 0 Å². The lowest BCUT2D eigenvalue weighted by Crippen LogP contribution is -2.37. The molecule has 3 fully saturated rings. The van der Waals surface area contributed by atoms with Gasteiger partial charge in [0.05, 0.1) is 30.6 Å². The molecule has 1 saturated carbocycles. The highest BCUT2D eigenvalue weighted by Gasteiger charge is 2.43. The number of piperidine rings is 1. The highest BCUT2D eigenvalue weighted by molar-refractivity contribution is 5.92. The Bertz CT molecular complexity index is 1710. The lowest BCUT2D eigenvalue weighted by molar-refractivity contribution is -0.148. The number of rotatable bonds is 10. The van der Waals surface area contributed by atoms with Crippen molar-refractivity contribution in [2.45, 2.75) is 70.1 Å². The van der Waals surface area contributed by atoms with Crippen LogP contribution in [-0.2, 0) is 27.0 Å². The van der Waals surface area contributed by atoms with E-state index < -0.39 is 35.2 Å². The molecule has 1 aliphatic carbocycles. The average Bonchev–Trinajstić information content (AvgIpc) is 3.75. The molecule has 6 rings (SSSR count). The molecule has 2 saturated heterocycles. The number of carbonyl (C=O) groups is 2. The van der Waals surface area contributed by atoms with E-state index in [4.69, 9.17) is 4.74 Å². The SMILES string of the molecule is C=CC1CCC(N2CC(C(=O)Nc3nccn3Cc3ccc(C(F)(F)F)cc3N3CCC(C(=O)OCC)CC3)[C@H](c3ccc(F)cc3F)C2)CC1. The van der Waals surface area contributed by atoms with E-state index in [0.717, 1.165) is 43.9 Å². The van der Waals surface area contributed by atoms with Crippen LogP contribution < -0.4 is 10.2 Å². The molecule has 2 atom stereocenters. The van der Waals surface area contributed by atoms with E-state index in [9.17, 15) is 27.2 Å². The van der Waals surface area contributed by atoms with Crippen molar-refractivity contribution in [1.82, 2.24) is 14.5 Å². The minimum Gasteiger partial charge on any atom is -0.466 e. The molecule has 1 unspecified atom stereocenters. The average molecular weight is 714 g/mol. The zero-order valence-corrected chi connectivity index (χ0v) is 28.7. The Morgan fingerprint density at radius 1 is 1.02 bits per heavy atom. The van der Waals surface area contributed by atoms with E-state index >= 15 is 4.39 Å². The summed E-state index contributed by atoms with van der Waals surface area (Å²) < 4.78 is 77.4. The van der Waals surface area contributed by atoms with Crippen molar-refractivity contribution in [3.63, 3.8) is 0 Å². The van der Waals surface area contributed by atoms with Crippen molar-refractivity contribution in [2.24, 2.45) is 17.8 Å². The highest BCUT2D eigenvalue weighted by Crippen LogP contribution is 2.40. The molecular weight excluding hydrogens is 669 g/mol. The first-order chi connectivity index (χ1) is 24.4. The first-order valence-corrected chi connectivity index (χ1v) is 17.7. The van der Waals surface area contributed by atoms with E-state index in [0.29, 0.717) is 56.2 Å². The summed E-state index contributed by atoms with van der Waals surface area (Å²) >= 11 is 0. The molecule has 2 aromatic carbocycles. The quantitative estimate of drug-likeness (QED) is 0.134. The number of ether oxygens (including phenoxy) is 1. The van der Waals surface area contributed by atoms with Crippen LogP contribution >= 0.6 is 0 Å². The van der Waals surface area contributed by atoms with Crippen LogP contribution in [0.15, 0.2) is 61.4 Å². The fourth-order valence-corrected chi connectivity index (χ4v) is 7.95. The number of aromatic nitrogens is 2. The standard InChI is InChI=1S/C38H44F5N5O3/c1-3-24-5-10-29(11-6-24)48-22-31(30-12-9-28(39)20-33(30)40)32(23-48)35(49)45-37-44-15-18-47(37)21-26-7-8-27(38(41,42)43)19-34(26)46-16-13-25(14-17-46)36(50)51-4-2/h3,7-9,12,15,18-20,24-25,29,31-32H,1,4-6,10-11,13-14,16-17,21-23H2,2H3,(H,44,45,49)/t24?,29?,31-,32?/m0/s1. The third-order valence-electron chi connectivity index (χ3n) is 10.8. The summed E-state index contributed by atoms with van der Waals surface area (Å²) in [5.41, 5.74) is 0.473. The van der Waals surface area contributed by atoms with Crippen LogP contribution in [0.3, 0.4) is 0 Å². The second-order valence-electron chi connectivity index (χ2n) is 13.9. The second kappa shape index (κ2) is 15.5. The van der Waals surface area contributed by atoms with Crippen LogP contribution in [0.25, 0.3) is 0 Å². The molecular formula is C38H44F5N5O3. The molecule has 3 heterocycles. The van der Waals surface area contributed by atoms with Crippen molar-refractivity contribution >= 4 is 23.5 Å². The lowest BCUT2D eigenvalue weighted by atomic mass is 9.85. The molecule has 0 spiro atoms. The van der Waals surface area contributed by atoms with E-state index in [1.807, 2.05) is 11.0 Å². The smallest absolute Gasteiger partial charge is 0.416 e. The van der Waals surface area contributed by atoms with Gasteiger partial charge in [0, 0.05) is 62.3 Å². The number of halogens is 5. The molecule has 1 aromatic heterocycles. The number of anilines is 2. The Morgan fingerprint density at radius 2 is 1.76 bits per heavy atom. The van der Waals surface area contributed by atoms with Crippen molar-refractivity contribution in [2.75, 3.05) is 43.0 Å². The van der Waals surface area contributed by atoms with Crippen LogP contribution in [0.1, 0.15) is 68.1 Å². The zero-order chi connectivity index (χ0) is 36.3. The van der Waals surface area contributed by atoms with Gasteiger partial charge in [-0.3, -0.25) is 19.8 Å². The van der Waals surface area contributed by atoms with Crippen LogP contribution in [0.2, 0.25) is 0 Å². The van der Waals surface area contributed by atoms with Crippen LogP contribution in [0, 0.1) is 29.4 Å². The van der Waals surface area contributed by atoms with Crippen LogP contribution in [0.4, 0.5) is 33.6 Å². The highest BCUT2D eigenvalue weighted by atomic mass is 19.4. The van der Waals surface area contributed by atoms with Gasteiger partial charge in [0.2, 0.25) is 11.9 Å². The normalized spacial score (nSPS) is 23.3. The number of nitrogens with one attached hydrogen (secondary N) is 1. The van der Waals surface area contributed by atoms with Crippen molar-refractivity contribution in [1.29, 1.82) is 0 Å². The Labute approximate surface area is 294 Å². The Balaban J connectivity index is 1.22. The van der Waals surface area contributed by atoms with E-state index in [1.165, 1.54) is 24.4 Å². The molecule has 1 N–H and O–H groups in total. The van der Waals surface area contributed by atoms with Crippen molar-refractivity contribution in [3.05, 3.63) is 89.8 Å². The number of imidazole rings is 1. The van der Waals surface area contributed by atoms with Gasteiger partial charge in [-0.05, 0) is 80.7 Å². The number of carbonyl (C=O) groups excluding carboxylic acids is 2. The summed E-state index contributed by atoms with van der Waals surface area (Å²) in [5, 5.41) is 2.92. The molecule has 3 aliphatic rings. The number of amides is 1. The largest absolute Gasteiger partial charge is 0.466 e. The summed E-state index contributed by atoms with van der Waals surface area (Å²) in [4.78, 5) is 34.8. The third-order valence-corrected chi connectivity index (χ3v) is 10.8. The molecule has 0 radical (unpaired) electrons. The molecule has 3 aromatic rings. The van der Waals surface area contributed by atoms with Gasteiger partial charge in [-0.15, -0.1) is 6.58 Å². The van der Waals surface area contributed by atoms with E-state index in [2.05, 4.69) is 21.8 Å². The number of alkyl halides is 3. The summed E-state index contributed by atoms with van der Waals surface area (Å²) in [6.07, 6.45) is 5.32. The number of esters is 1. The Hall–Kier alpha value is -4.26. The first-order valence-electron chi connectivity index (χ1n) is 17.7. The Morgan fingerprint density at radius 3 is 2.43 bits per heavy atom. The minimum absolute atomic E-state index is 0.111. The van der Waals surface area contributed by atoms with E-state index in [-0.39, 0.29) is 48.5 Å². The van der Waals surface area contributed by atoms with Gasteiger partial charge < -0.3 is 14.2 Å². The van der Waals surface area contributed by atoms with Gasteiger partial charge in [0.25, 0.3) is 0 Å². The number of benzene rings is 2. The number of allylic oxidation sites excluding steroid dienone is 1. The molecule has 8 nitrogen and oxygen atoms in total. The molecule has 0 bridgehead atoms. The summed E-state index contributed by atoms with van der Waals surface area (Å²) in [6, 6.07) is 7.30. The maximum absolute atomic E-state index is 15.2. The maximum Gasteiger partial charge on any atom is 0.416 e. The predicted octanol–water partition coefficient (Wildman–Crippen LogP) is 7.41. The Kier molecular flexibility index (Phi) is 11.1. The zero-order valence-electron chi connectivity index (χ0n) is 28.7. The monoisotopic (exact) mass is 713 g/mol. The molecule has 51 heavy (non-hydrogen) atoms. The second-order valence-corrected chi connectivity index (χ2v) is 13.9.